The van der Waals surface area contributed by atoms with Gasteiger partial charge in [-0.15, -0.1) is 0 Å². The first kappa shape index (κ1) is 14.8. The number of carbonyl (C=O) groups is 1. The number of aromatic nitrogens is 1. The Hall–Kier alpha value is -2.64. The van der Waals surface area contributed by atoms with Gasteiger partial charge in [0, 0.05) is 5.69 Å². The number of amides is 1. The van der Waals surface area contributed by atoms with Crippen molar-refractivity contribution in [1.82, 2.24) is 4.98 Å². The van der Waals surface area contributed by atoms with Crippen LogP contribution in [0.1, 0.15) is 16.1 Å². The molecule has 8 heteroatoms. The standard InChI is InChI=1S/C13H9F4N3O/c14-7-1-3-11(19-6-7)12(21)20-10-4-2-8(18)5-9(10)13(15,16)17/h1-6H,18H2,(H,20,21). The van der Waals surface area contributed by atoms with Gasteiger partial charge in [0.25, 0.3) is 5.91 Å². The lowest BCUT2D eigenvalue weighted by Gasteiger charge is -2.14. The number of hydrogen-bond acceptors (Lipinski definition) is 3. The van der Waals surface area contributed by atoms with Crippen molar-refractivity contribution in [3.8, 4) is 0 Å². The van der Waals surface area contributed by atoms with Crippen molar-refractivity contribution in [3.63, 3.8) is 0 Å². The maximum absolute atomic E-state index is 12.9. The van der Waals surface area contributed by atoms with Crippen molar-refractivity contribution in [3.05, 3.63) is 53.6 Å². The first-order valence-electron chi connectivity index (χ1n) is 5.67. The van der Waals surface area contributed by atoms with Crippen LogP contribution in [0.4, 0.5) is 28.9 Å². The maximum Gasteiger partial charge on any atom is 0.418 e. The molecule has 0 bridgehead atoms. The smallest absolute Gasteiger partial charge is 0.399 e. The van der Waals surface area contributed by atoms with E-state index in [1.165, 1.54) is 6.07 Å². The summed E-state index contributed by atoms with van der Waals surface area (Å²) in [6.07, 6.45) is -3.88. The summed E-state index contributed by atoms with van der Waals surface area (Å²) >= 11 is 0. The lowest BCUT2D eigenvalue weighted by molar-refractivity contribution is -0.136. The van der Waals surface area contributed by atoms with E-state index in [4.69, 9.17) is 5.73 Å². The summed E-state index contributed by atoms with van der Waals surface area (Å²) in [5, 5.41) is 2.08. The molecule has 3 N–H and O–H groups in total. The number of halogens is 4. The fraction of sp³-hybridized carbons (Fsp3) is 0.0769. The van der Waals surface area contributed by atoms with Gasteiger partial charge < -0.3 is 11.1 Å². The third-order valence-electron chi connectivity index (χ3n) is 2.56. The zero-order valence-corrected chi connectivity index (χ0v) is 10.4. The van der Waals surface area contributed by atoms with Crippen molar-refractivity contribution >= 4 is 17.3 Å². The van der Waals surface area contributed by atoms with Crippen LogP contribution < -0.4 is 11.1 Å². The number of nitrogen functional groups attached to an aromatic ring is 1. The third kappa shape index (κ3) is 3.47. The molecule has 0 radical (unpaired) electrons. The molecule has 1 aromatic heterocycles. The van der Waals surface area contributed by atoms with Crippen molar-refractivity contribution < 1.29 is 22.4 Å². The Balaban J connectivity index is 2.31. The highest BCUT2D eigenvalue weighted by Crippen LogP contribution is 2.36. The molecule has 21 heavy (non-hydrogen) atoms. The summed E-state index contributed by atoms with van der Waals surface area (Å²) in [5.74, 6) is -1.54. The number of alkyl halides is 3. The molecule has 0 atom stereocenters. The molecule has 0 aliphatic heterocycles. The van der Waals surface area contributed by atoms with Crippen LogP contribution in [0.5, 0.6) is 0 Å². The van der Waals surface area contributed by atoms with Crippen LogP contribution in [0.25, 0.3) is 0 Å². The van der Waals surface area contributed by atoms with Crippen LogP contribution in [0.15, 0.2) is 36.5 Å². The van der Waals surface area contributed by atoms with Gasteiger partial charge in [-0.2, -0.15) is 13.2 Å². The van der Waals surface area contributed by atoms with Gasteiger partial charge in [-0.25, -0.2) is 9.37 Å². The molecule has 4 nitrogen and oxygen atoms in total. The average molecular weight is 299 g/mol. The summed E-state index contributed by atoms with van der Waals surface area (Å²) in [6.45, 7) is 0. The number of hydrogen-bond donors (Lipinski definition) is 2. The molecule has 0 fully saturated rings. The van der Waals surface area contributed by atoms with Crippen molar-refractivity contribution in [2.24, 2.45) is 0 Å². The number of nitrogens with two attached hydrogens (primary N) is 1. The van der Waals surface area contributed by atoms with Crippen molar-refractivity contribution in [1.29, 1.82) is 0 Å². The fourth-order valence-corrected chi connectivity index (χ4v) is 1.60. The zero-order valence-electron chi connectivity index (χ0n) is 10.4. The van der Waals surface area contributed by atoms with E-state index in [9.17, 15) is 22.4 Å². The van der Waals surface area contributed by atoms with Gasteiger partial charge in [0.05, 0.1) is 17.4 Å². The molecular formula is C13H9F4N3O. The SMILES string of the molecule is Nc1ccc(NC(=O)c2ccc(F)cn2)c(C(F)(F)F)c1. The lowest BCUT2D eigenvalue weighted by Crippen LogP contribution is -2.18. The molecule has 2 rings (SSSR count). The van der Waals surface area contributed by atoms with Gasteiger partial charge in [0.1, 0.15) is 11.5 Å². The number of nitrogens with one attached hydrogen (secondary N) is 1. The van der Waals surface area contributed by atoms with Gasteiger partial charge in [0.2, 0.25) is 0 Å². The highest BCUT2D eigenvalue weighted by atomic mass is 19.4. The Morgan fingerprint density at radius 1 is 1.19 bits per heavy atom. The molecule has 1 aromatic carbocycles. The molecule has 110 valence electrons. The minimum Gasteiger partial charge on any atom is -0.399 e. The zero-order chi connectivity index (χ0) is 15.6. The van der Waals surface area contributed by atoms with E-state index in [1.807, 2.05) is 0 Å². The third-order valence-corrected chi connectivity index (χ3v) is 2.56. The van der Waals surface area contributed by atoms with Crippen LogP contribution in [-0.2, 0) is 6.18 Å². The number of pyridine rings is 1. The molecule has 0 aliphatic carbocycles. The number of nitrogens with zero attached hydrogens (tertiary/aromatic N) is 1. The lowest BCUT2D eigenvalue weighted by atomic mass is 10.1. The number of rotatable bonds is 2. The van der Waals surface area contributed by atoms with Crippen LogP contribution in [0.2, 0.25) is 0 Å². The second kappa shape index (κ2) is 5.39. The maximum atomic E-state index is 12.9. The summed E-state index contributed by atoms with van der Waals surface area (Å²) in [4.78, 5) is 15.3. The van der Waals surface area contributed by atoms with Gasteiger partial charge in [0.15, 0.2) is 0 Å². The summed E-state index contributed by atoms with van der Waals surface area (Å²) < 4.78 is 51.3. The Morgan fingerprint density at radius 3 is 2.48 bits per heavy atom. The largest absolute Gasteiger partial charge is 0.418 e. The van der Waals surface area contributed by atoms with Crippen LogP contribution in [0.3, 0.4) is 0 Å². The second-order valence-corrected chi connectivity index (χ2v) is 4.12. The number of carbonyl (C=O) groups excluding carboxylic acids is 1. The predicted octanol–water partition coefficient (Wildman–Crippen LogP) is 3.07. The quantitative estimate of drug-likeness (QED) is 0.661. The van der Waals surface area contributed by atoms with Crippen molar-refractivity contribution in [2.45, 2.75) is 6.18 Å². The molecule has 0 unspecified atom stereocenters. The molecule has 0 spiro atoms. The highest BCUT2D eigenvalue weighted by molar-refractivity contribution is 6.03. The van der Waals surface area contributed by atoms with Crippen molar-refractivity contribution in [2.75, 3.05) is 11.1 Å². The minimum absolute atomic E-state index is 0.0831. The molecule has 1 heterocycles. The molecule has 1 amide bonds. The summed E-state index contributed by atoms with van der Waals surface area (Å²) in [5.41, 5.74) is 3.50. The highest BCUT2D eigenvalue weighted by Gasteiger charge is 2.34. The van der Waals surface area contributed by atoms with E-state index >= 15 is 0 Å². The van der Waals surface area contributed by atoms with Crippen LogP contribution in [0, 0.1) is 5.82 Å². The van der Waals surface area contributed by atoms with Gasteiger partial charge in [-0.3, -0.25) is 4.79 Å². The Bertz CT molecular complexity index is 668. The van der Waals surface area contributed by atoms with Gasteiger partial charge in [-0.1, -0.05) is 0 Å². The molecule has 0 saturated carbocycles. The molecule has 0 saturated heterocycles. The monoisotopic (exact) mass is 299 g/mol. The van der Waals surface area contributed by atoms with E-state index in [0.29, 0.717) is 6.07 Å². The molecular weight excluding hydrogens is 290 g/mol. The average Bonchev–Trinajstić information content (AvgIpc) is 2.40. The Kier molecular flexibility index (Phi) is 3.79. The summed E-state index contributed by atoms with van der Waals surface area (Å²) in [6, 6.07) is 5.03. The van der Waals surface area contributed by atoms with Crippen LogP contribution >= 0.6 is 0 Å². The van der Waals surface area contributed by atoms with E-state index < -0.39 is 29.2 Å². The Labute approximate surface area is 116 Å². The van der Waals surface area contributed by atoms with Crippen LogP contribution in [-0.4, -0.2) is 10.9 Å². The molecule has 2 aromatic rings. The normalized spacial score (nSPS) is 11.2. The van der Waals surface area contributed by atoms with E-state index in [-0.39, 0.29) is 11.4 Å². The number of benzene rings is 1. The first-order chi connectivity index (χ1) is 9.77. The number of anilines is 2. The predicted molar refractivity (Wildman–Crippen MR) is 68.0 cm³/mol. The first-order valence-corrected chi connectivity index (χ1v) is 5.67. The van der Waals surface area contributed by atoms with Gasteiger partial charge >= 0.3 is 6.18 Å². The second-order valence-electron chi connectivity index (χ2n) is 4.12. The van der Waals surface area contributed by atoms with E-state index in [1.54, 1.807) is 0 Å². The van der Waals surface area contributed by atoms with Gasteiger partial charge in [-0.05, 0) is 30.3 Å². The topological polar surface area (TPSA) is 68.0 Å². The van der Waals surface area contributed by atoms with E-state index in [0.717, 1.165) is 24.4 Å². The molecule has 0 aliphatic rings. The minimum atomic E-state index is -4.67. The van der Waals surface area contributed by atoms with E-state index in [2.05, 4.69) is 10.3 Å². The Morgan fingerprint density at radius 2 is 1.90 bits per heavy atom. The fourth-order valence-electron chi connectivity index (χ4n) is 1.60. The summed E-state index contributed by atoms with van der Waals surface area (Å²) in [7, 11) is 0.